The van der Waals surface area contributed by atoms with Crippen LogP contribution in [0.3, 0.4) is 0 Å². The molecule has 0 aromatic carbocycles. The van der Waals surface area contributed by atoms with Crippen molar-refractivity contribution in [3.05, 3.63) is 11.7 Å². The van der Waals surface area contributed by atoms with Crippen LogP contribution in [0.5, 0.6) is 0 Å². The maximum atomic E-state index is 10.4. The summed E-state index contributed by atoms with van der Waals surface area (Å²) < 4.78 is 10.8. The van der Waals surface area contributed by atoms with E-state index in [1.807, 2.05) is 7.05 Å². The fourth-order valence-corrected chi connectivity index (χ4v) is 1.99. The summed E-state index contributed by atoms with van der Waals surface area (Å²) in [6, 6.07) is 0. The van der Waals surface area contributed by atoms with E-state index in [2.05, 4.69) is 15.0 Å². The molecule has 0 amide bonds. The van der Waals surface area contributed by atoms with Crippen molar-refractivity contribution in [3.63, 3.8) is 0 Å². The standard InChI is InChI=1S/C12H19N3O4/c1-15-6-7-18-9(8-15)12-13-10(19-14-12)4-2-3-5-11(16)17/h9H,2-8H2,1H3,(H,16,17). The average Bonchev–Trinajstić information content (AvgIpc) is 2.83. The van der Waals surface area contributed by atoms with E-state index < -0.39 is 5.97 Å². The molecule has 1 aliphatic heterocycles. The van der Waals surface area contributed by atoms with Crippen molar-refractivity contribution in [1.29, 1.82) is 0 Å². The van der Waals surface area contributed by atoms with Crippen LogP contribution >= 0.6 is 0 Å². The molecule has 1 unspecified atom stereocenters. The molecule has 2 heterocycles. The highest BCUT2D eigenvalue weighted by Crippen LogP contribution is 2.19. The van der Waals surface area contributed by atoms with Crippen LogP contribution in [0.4, 0.5) is 0 Å². The first-order valence-electron chi connectivity index (χ1n) is 6.49. The van der Waals surface area contributed by atoms with Gasteiger partial charge in [-0.3, -0.25) is 4.79 Å². The molecule has 0 bridgehead atoms. The number of unbranched alkanes of at least 4 members (excludes halogenated alkanes) is 1. The lowest BCUT2D eigenvalue weighted by molar-refractivity contribution is -0.137. The van der Waals surface area contributed by atoms with Crippen LogP contribution in [-0.4, -0.2) is 52.9 Å². The Hall–Kier alpha value is -1.47. The lowest BCUT2D eigenvalue weighted by atomic mass is 10.2. The van der Waals surface area contributed by atoms with Gasteiger partial charge in [0, 0.05) is 25.9 Å². The van der Waals surface area contributed by atoms with Gasteiger partial charge in [-0.1, -0.05) is 5.16 Å². The molecule has 1 aromatic rings. The Labute approximate surface area is 111 Å². The third kappa shape index (κ3) is 4.29. The topological polar surface area (TPSA) is 88.7 Å². The van der Waals surface area contributed by atoms with Crippen LogP contribution in [0.25, 0.3) is 0 Å². The molecule has 1 saturated heterocycles. The van der Waals surface area contributed by atoms with Crippen LogP contribution in [0, 0.1) is 0 Å². The summed E-state index contributed by atoms with van der Waals surface area (Å²) in [6.45, 7) is 2.35. The predicted molar refractivity (Wildman–Crippen MR) is 65.7 cm³/mol. The molecular weight excluding hydrogens is 250 g/mol. The number of likely N-dealkylation sites (N-methyl/N-ethyl adjacent to an activating group) is 1. The summed E-state index contributed by atoms with van der Waals surface area (Å²) >= 11 is 0. The molecule has 1 atom stereocenters. The summed E-state index contributed by atoms with van der Waals surface area (Å²) in [5.74, 6) is 0.363. The van der Waals surface area contributed by atoms with Crippen molar-refractivity contribution in [2.24, 2.45) is 0 Å². The van der Waals surface area contributed by atoms with E-state index >= 15 is 0 Å². The van der Waals surface area contributed by atoms with Crippen molar-refractivity contribution in [3.8, 4) is 0 Å². The zero-order valence-corrected chi connectivity index (χ0v) is 11.0. The lowest BCUT2D eigenvalue weighted by Gasteiger charge is -2.27. The molecule has 1 fully saturated rings. The number of morpholine rings is 1. The Balaban J connectivity index is 1.79. The molecule has 19 heavy (non-hydrogen) atoms. The maximum absolute atomic E-state index is 10.4. The Morgan fingerprint density at radius 3 is 3.11 bits per heavy atom. The molecule has 0 radical (unpaired) electrons. The highest BCUT2D eigenvalue weighted by atomic mass is 16.5. The van der Waals surface area contributed by atoms with Gasteiger partial charge in [0.25, 0.3) is 0 Å². The number of aryl methyl sites for hydroxylation is 1. The van der Waals surface area contributed by atoms with E-state index in [1.165, 1.54) is 0 Å². The number of nitrogens with zero attached hydrogens (tertiary/aromatic N) is 3. The molecule has 2 rings (SSSR count). The largest absolute Gasteiger partial charge is 0.481 e. The fourth-order valence-electron chi connectivity index (χ4n) is 1.99. The summed E-state index contributed by atoms with van der Waals surface area (Å²) in [5.41, 5.74) is 0. The number of carboxylic acids is 1. The van der Waals surface area contributed by atoms with Gasteiger partial charge in [-0.05, 0) is 19.9 Å². The van der Waals surface area contributed by atoms with Gasteiger partial charge in [-0.2, -0.15) is 4.98 Å². The fraction of sp³-hybridized carbons (Fsp3) is 0.750. The summed E-state index contributed by atoms with van der Waals surface area (Å²) in [4.78, 5) is 16.9. The van der Waals surface area contributed by atoms with Gasteiger partial charge in [0.1, 0.15) is 6.10 Å². The average molecular weight is 269 g/mol. The van der Waals surface area contributed by atoms with Crippen LogP contribution in [0.2, 0.25) is 0 Å². The van der Waals surface area contributed by atoms with Crippen molar-refractivity contribution in [2.45, 2.75) is 31.8 Å². The monoisotopic (exact) mass is 269 g/mol. The summed E-state index contributed by atoms with van der Waals surface area (Å²) in [5, 5.41) is 12.5. The highest BCUT2D eigenvalue weighted by molar-refractivity contribution is 5.66. The van der Waals surface area contributed by atoms with Crippen LogP contribution < -0.4 is 0 Å². The first kappa shape index (κ1) is 14.0. The van der Waals surface area contributed by atoms with E-state index in [0.29, 0.717) is 31.2 Å². The molecule has 0 spiro atoms. The lowest BCUT2D eigenvalue weighted by Crippen LogP contribution is -2.35. The van der Waals surface area contributed by atoms with E-state index in [1.54, 1.807) is 0 Å². The van der Waals surface area contributed by atoms with Crippen molar-refractivity contribution in [2.75, 3.05) is 26.7 Å². The van der Waals surface area contributed by atoms with E-state index in [9.17, 15) is 4.79 Å². The number of aliphatic carboxylic acids is 1. The first-order chi connectivity index (χ1) is 9.15. The minimum atomic E-state index is -0.773. The number of carbonyl (C=O) groups is 1. The van der Waals surface area contributed by atoms with Gasteiger partial charge >= 0.3 is 5.97 Å². The van der Waals surface area contributed by atoms with Gasteiger partial charge < -0.3 is 19.3 Å². The normalized spacial score (nSPS) is 20.6. The number of rotatable bonds is 6. The number of hydrogen-bond donors (Lipinski definition) is 1. The Kier molecular flexibility index (Phi) is 4.86. The molecule has 106 valence electrons. The number of hydrogen-bond acceptors (Lipinski definition) is 6. The number of carboxylic acid groups (broad SMARTS) is 1. The second-order valence-electron chi connectivity index (χ2n) is 4.77. The van der Waals surface area contributed by atoms with E-state index in [4.69, 9.17) is 14.4 Å². The molecule has 0 aliphatic carbocycles. The zero-order chi connectivity index (χ0) is 13.7. The Morgan fingerprint density at radius 1 is 1.53 bits per heavy atom. The summed E-state index contributed by atoms with van der Waals surface area (Å²) in [6.07, 6.45) is 2.02. The van der Waals surface area contributed by atoms with Crippen molar-refractivity contribution < 1.29 is 19.2 Å². The minimum absolute atomic E-state index is 0.129. The Morgan fingerprint density at radius 2 is 2.37 bits per heavy atom. The molecule has 7 nitrogen and oxygen atoms in total. The molecular formula is C12H19N3O4. The zero-order valence-electron chi connectivity index (χ0n) is 11.0. The van der Waals surface area contributed by atoms with Crippen LogP contribution in [0.1, 0.15) is 37.1 Å². The third-order valence-electron chi connectivity index (χ3n) is 3.07. The molecule has 7 heteroatoms. The van der Waals surface area contributed by atoms with Gasteiger partial charge in [0.15, 0.2) is 0 Å². The van der Waals surface area contributed by atoms with Gasteiger partial charge in [0.2, 0.25) is 11.7 Å². The van der Waals surface area contributed by atoms with Gasteiger partial charge in [0.05, 0.1) is 6.61 Å². The quantitative estimate of drug-likeness (QED) is 0.766. The SMILES string of the molecule is CN1CCOC(c2noc(CCCCC(=O)O)n2)C1. The smallest absolute Gasteiger partial charge is 0.303 e. The van der Waals surface area contributed by atoms with E-state index in [-0.39, 0.29) is 12.5 Å². The molecule has 1 N–H and O–H groups in total. The number of ether oxygens (including phenoxy) is 1. The van der Waals surface area contributed by atoms with Crippen molar-refractivity contribution >= 4 is 5.97 Å². The molecule has 1 aromatic heterocycles. The van der Waals surface area contributed by atoms with E-state index in [0.717, 1.165) is 19.5 Å². The van der Waals surface area contributed by atoms with Crippen LogP contribution in [-0.2, 0) is 16.0 Å². The van der Waals surface area contributed by atoms with Crippen LogP contribution in [0.15, 0.2) is 4.52 Å². The van der Waals surface area contributed by atoms with Gasteiger partial charge in [-0.25, -0.2) is 0 Å². The molecule has 0 saturated carbocycles. The minimum Gasteiger partial charge on any atom is -0.481 e. The maximum Gasteiger partial charge on any atom is 0.303 e. The molecule has 1 aliphatic rings. The summed E-state index contributed by atoms with van der Waals surface area (Å²) in [7, 11) is 2.03. The predicted octanol–water partition coefficient (Wildman–Crippen LogP) is 0.870. The Bertz CT molecular complexity index is 421. The third-order valence-corrected chi connectivity index (χ3v) is 3.07. The second kappa shape index (κ2) is 6.63. The first-order valence-corrected chi connectivity index (χ1v) is 6.49. The number of aromatic nitrogens is 2. The van der Waals surface area contributed by atoms with Gasteiger partial charge in [-0.15, -0.1) is 0 Å². The second-order valence-corrected chi connectivity index (χ2v) is 4.77. The van der Waals surface area contributed by atoms with Crippen molar-refractivity contribution in [1.82, 2.24) is 15.0 Å². The highest BCUT2D eigenvalue weighted by Gasteiger charge is 2.24.